The molecule has 0 aliphatic heterocycles. The average Bonchev–Trinajstić information content (AvgIpc) is 2.77. The van der Waals surface area contributed by atoms with E-state index >= 15 is 0 Å². The fourth-order valence-corrected chi connectivity index (χ4v) is 2.63. The molecule has 20 heavy (non-hydrogen) atoms. The lowest BCUT2D eigenvalue weighted by Crippen LogP contribution is -2.30. The van der Waals surface area contributed by atoms with Crippen LogP contribution in [0.2, 0.25) is 0 Å². The summed E-state index contributed by atoms with van der Waals surface area (Å²) >= 11 is 0. The van der Waals surface area contributed by atoms with E-state index in [1.807, 2.05) is 24.3 Å². The summed E-state index contributed by atoms with van der Waals surface area (Å²) in [6, 6.07) is 7.48. The molecule has 0 saturated heterocycles. The maximum absolute atomic E-state index is 10.8. The van der Waals surface area contributed by atoms with Crippen LogP contribution in [0.3, 0.4) is 0 Å². The van der Waals surface area contributed by atoms with Crippen LogP contribution in [0.4, 0.5) is 0 Å². The van der Waals surface area contributed by atoms with Gasteiger partial charge in [0.1, 0.15) is 5.75 Å². The number of hydrogen-bond donors (Lipinski definition) is 2. The number of carboxylic acids is 1. The third-order valence-electron chi connectivity index (χ3n) is 3.72. The molecule has 0 spiro atoms. The Morgan fingerprint density at radius 3 is 2.60 bits per heavy atom. The molecular weight excluding hydrogens is 260 g/mol. The fraction of sp³-hybridized carbons (Fsp3) is 0.533. The van der Waals surface area contributed by atoms with Crippen molar-refractivity contribution in [2.24, 2.45) is 5.92 Å². The van der Waals surface area contributed by atoms with Gasteiger partial charge in [-0.05, 0) is 36.5 Å². The number of carboxylic acid groups (broad SMARTS) is 1. The number of rotatable bonds is 6. The zero-order chi connectivity index (χ0) is 14.5. The third-order valence-corrected chi connectivity index (χ3v) is 3.72. The SMILES string of the molecule is COc1ccc(COC2C(O)CCC2CC(=O)O)cc1. The Morgan fingerprint density at radius 1 is 1.30 bits per heavy atom. The minimum absolute atomic E-state index is 0.0460. The van der Waals surface area contributed by atoms with Gasteiger partial charge in [0, 0.05) is 0 Å². The molecule has 0 aromatic heterocycles. The van der Waals surface area contributed by atoms with E-state index in [4.69, 9.17) is 14.6 Å². The van der Waals surface area contributed by atoms with E-state index in [-0.39, 0.29) is 12.3 Å². The van der Waals surface area contributed by atoms with Crippen LogP contribution in [0.1, 0.15) is 24.8 Å². The lowest BCUT2D eigenvalue weighted by atomic mass is 10.0. The predicted octanol–water partition coefficient (Wildman–Crippen LogP) is 1.83. The maximum Gasteiger partial charge on any atom is 0.303 e. The molecule has 2 N–H and O–H groups in total. The molecule has 3 unspecified atom stereocenters. The van der Waals surface area contributed by atoms with Crippen molar-refractivity contribution in [3.63, 3.8) is 0 Å². The van der Waals surface area contributed by atoms with Gasteiger partial charge >= 0.3 is 5.97 Å². The zero-order valence-corrected chi connectivity index (χ0v) is 11.5. The summed E-state index contributed by atoms with van der Waals surface area (Å²) in [7, 11) is 1.61. The summed E-state index contributed by atoms with van der Waals surface area (Å²) in [4.78, 5) is 10.8. The standard InChI is InChI=1S/C15H20O5/c1-19-12-5-2-10(3-6-12)9-20-15-11(8-14(17)18)4-7-13(15)16/h2-3,5-6,11,13,15-16H,4,7-9H2,1H3,(H,17,18). The molecule has 5 nitrogen and oxygen atoms in total. The third kappa shape index (κ3) is 3.71. The van der Waals surface area contributed by atoms with Gasteiger partial charge in [0.25, 0.3) is 0 Å². The summed E-state index contributed by atoms with van der Waals surface area (Å²) in [6.45, 7) is 0.363. The molecule has 1 aliphatic carbocycles. The average molecular weight is 280 g/mol. The Morgan fingerprint density at radius 2 is 2.00 bits per heavy atom. The Kier molecular flexibility index (Phi) is 4.98. The normalized spacial score (nSPS) is 25.6. The second kappa shape index (κ2) is 6.72. The number of hydrogen-bond acceptors (Lipinski definition) is 4. The van der Waals surface area contributed by atoms with Gasteiger partial charge < -0.3 is 19.7 Å². The van der Waals surface area contributed by atoms with Crippen molar-refractivity contribution in [2.75, 3.05) is 7.11 Å². The Hall–Kier alpha value is -1.59. The first-order valence-corrected chi connectivity index (χ1v) is 6.74. The van der Waals surface area contributed by atoms with Crippen molar-refractivity contribution in [3.8, 4) is 5.75 Å². The van der Waals surface area contributed by atoms with Gasteiger partial charge in [0.2, 0.25) is 0 Å². The molecule has 1 aromatic carbocycles. The van der Waals surface area contributed by atoms with Crippen LogP contribution in [0.5, 0.6) is 5.75 Å². The highest BCUT2D eigenvalue weighted by Gasteiger charge is 2.36. The number of carbonyl (C=O) groups is 1. The number of aliphatic hydroxyl groups is 1. The van der Waals surface area contributed by atoms with Crippen molar-refractivity contribution < 1.29 is 24.5 Å². The van der Waals surface area contributed by atoms with Gasteiger partial charge in [-0.2, -0.15) is 0 Å². The first-order chi connectivity index (χ1) is 9.60. The van der Waals surface area contributed by atoms with Crippen LogP contribution in [-0.2, 0) is 16.1 Å². The first kappa shape index (κ1) is 14.8. The number of aliphatic carboxylic acids is 1. The maximum atomic E-state index is 10.8. The molecule has 0 heterocycles. The van der Waals surface area contributed by atoms with Crippen LogP contribution >= 0.6 is 0 Å². The number of methoxy groups -OCH3 is 1. The van der Waals surface area contributed by atoms with Gasteiger partial charge in [-0.15, -0.1) is 0 Å². The quantitative estimate of drug-likeness (QED) is 0.831. The van der Waals surface area contributed by atoms with Gasteiger partial charge in [-0.3, -0.25) is 4.79 Å². The van der Waals surface area contributed by atoms with E-state index in [9.17, 15) is 9.90 Å². The van der Waals surface area contributed by atoms with Gasteiger partial charge in [-0.25, -0.2) is 0 Å². The molecule has 110 valence electrons. The van der Waals surface area contributed by atoms with Crippen molar-refractivity contribution >= 4 is 5.97 Å². The van der Waals surface area contributed by atoms with Crippen LogP contribution < -0.4 is 4.74 Å². The summed E-state index contributed by atoms with van der Waals surface area (Å²) in [5, 5.41) is 18.8. The summed E-state index contributed by atoms with van der Waals surface area (Å²) in [6.07, 6.45) is 0.377. The highest BCUT2D eigenvalue weighted by molar-refractivity contribution is 5.67. The summed E-state index contributed by atoms with van der Waals surface area (Å²) in [5.74, 6) is -0.179. The van der Waals surface area contributed by atoms with Gasteiger partial charge in [-0.1, -0.05) is 12.1 Å². The second-order valence-corrected chi connectivity index (χ2v) is 5.13. The van der Waals surface area contributed by atoms with E-state index in [2.05, 4.69) is 0 Å². The van der Waals surface area contributed by atoms with Crippen molar-refractivity contribution in [1.82, 2.24) is 0 Å². The van der Waals surface area contributed by atoms with Crippen molar-refractivity contribution in [1.29, 1.82) is 0 Å². The van der Waals surface area contributed by atoms with E-state index < -0.39 is 18.2 Å². The van der Waals surface area contributed by atoms with Crippen molar-refractivity contribution in [3.05, 3.63) is 29.8 Å². The Labute approximate surface area is 118 Å². The largest absolute Gasteiger partial charge is 0.497 e. The molecule has 5 heteroatoms. The number of aliphatic hydroxyl groups excluding tert-OH is 1. The number of ether oxygens (including phenoxy) is 2. The molecule has 3 atom stereocenters. The van der Waals surface area contributed by atoms with Gasteiger partial charge in [0.05, 0.1) is 32.3 Å². The topological polar surface area (TPSA) is 76.0 Å². The molecule has 0 amide bonds. The van der Waals surface area contributed by atoms with Crippen molar-refractivity contribution in [2.45, 2.75) is 38.1 Å². The molecular formula is C15H20O5. The van der Waals surface area contributed by atoms with E-state index in [0.29, 0.717) is 19.4 Å². The highest BCUT2D eigenvalue weighted by Crippen LogP contribution is 2.32. The molecule has 0 bridgehead atoms. The second-order valence-electron chi connectivity index (χ2n) is 5.13. The van der Waals surface area contributed by atoms with Crippen LogP contribution in [0, 0.1) is 5.92 Å². The zero-order valence-electron chi connectivity index (χ0n) is 11.5. The van der Waals surface area contributed by atoms with E-state index in [1.54, 1.807) is 7.11 Å². The van der Waals surface area contributed by atoms with Crippen LogP contribution in [-0.4, -0.2) is 35.5 Å². The number of benzene rings is 1. The summed E-state index contributed by atoms with van der Waals surface area (Å²) in [5.41, 5.74) is 0.971. The molecule has 1 aromatic rings. The van der Waals surface area contributed by atoms with E-state index in [0.717, 1.165) is 11.3 Å². The molecule has 0 radical (unpaired) electrons. The predicted molar refractivity (Wildman–Crippen MR) is 72.6 cm³/mol. The fourth-order valence-electron chi connectivity index (χ4n) is 2.63. The Balaban J connectivity index is 1.91. The minimum Gasteiger partial charge on any atom is -0.497 e. The van der Waals surface area contributed by atoms with Crippen LogP contribution in [0.25, 0.3) is 0 Å². The lowest BCUT2D eigenvalue weighted by molar-refractivity contribution is -0.140. The lowest BCUT2D eigenvalue weighted by Gasteiger charge is -2.21. The smallest absolute Gasteiger partial charge is 0.303 e. The molecule has 1 fully saturated rings. The monoisotopic (exact) mass is 280 g/mol. The first-order valence-electron chi connectivity index (χ1n) is 6.74. The summed E-state index contributed by atoms with van der Waals surface area (Å²) < 4.78 is 10.8. The highest BCUT2D eigenvalue weighted by atomic mass is 16.5. The molecule has 1 saturated carbocycles. The van der Waals surface area contributed by atoms with E-state index in [1.165, 1.54) is 0 Å². The molecule has 2 rings (SSSR count). The van der Waals surface area contributed by atoms with Gasteiger partial charge in [0.15, 0.2) is 0 Å². The Bertz CT molecular complexity index is 442. The minimum atomic E-state index is -0.845. The van der Waals surface area contributed by atoms with Crippen LogP contribution in [0.15, 0.2) is 24.3 Å². The molecule has 1 aliphatic rings.